The standard InChI is InChI=1S/C21H32O2/c1-13(22)17-6-7-18-16-5-4-14-12-15(23)8-10-20(14,2)19(16)9-11-21(17,18)3/h4,15-19,23H,5-12H2,1-3H3/t15-,16?,17+,18-,19-,20?,21?/m0/s1. The van der Waals surface area contributed by atoms with E-state index in [0.717, 1.165) is 43.4 Å². The summed E-state index contributed by atoms with van der Waals surface area (Å²) in [6.45, 7) is 6.70. The molecule has 0 aliphatic heterocycles. The van der Waals surface area contributed by atoms with E-state index in [9.17, 15) is 9.90 Å². The van der Waals surface area contributed by atoms with Crippen molar-refractivity contribution in [3.05, 3.63) is 11.6 Å². The lowest BCUT2D eigenvalue weighted by atomic mass is 9.47. The van der Waals surface area contributed by atoms with Gasteiger partial charge >= 0.3 is 0 Å². The Kier molecular flexibility index (Phi) is 3.58. The first-order chi connectivity index (χ1) is 10.9. The summed E-state index contributed by atoms with van der Waals surface area (Å²) >= 11 is 0. The summed E-state index contributed by atoms with van der Waals surface area (Å²) in [5.74, 6) is 3.00. The van der Waals surface area contributed by atoms with Crippen LogP contribution in [-0.4, -0.2) is 17.0 Å². The molecule has 2 heteroatoms. The Bertz CT molecular complexity index is 550. The summed E-state index contributed by atoms with van der Waals surface area (Å²) in [6, 6.07) is 0. The fraction of sp³-hybridized carbons (Fsp3) is 0.857. The van der Waals surface area contributed by atoms with Gasteiger partial charge in [-0.3, -0.25) is 4.79 Å². The maximum absolute atomic E-state index is 12.2. The van der Waals surface area contributed by atoms with Crippen LogP contribution < -0.4 is 0 Å². The molecule has 0 bridgehead atoms. The second-order valence-electron chi connectivity index (χ2n) is 9.44. The van der Waals surface area contributed by atoms with Crippen molar-refractivity contribution in [3.63, 3.8) is 0 Å². The number of carbonyl (C=O) groups is 1. The van der Waals surface area contributed by atoms with E-state index in [2.05, 4.69) is 19.9 Å². The molecule has 0 aromatic rings. The molecule has 3 fully saturated rings. The van der Waals surface area contributed by atoms with Crippen LogP contribution in [0.3, 0.4) is 0 Å². The maximum Gasteiger partial charge on any atom is 0.133 e. The van der Waals surface area contributed by atoms with Crippen LogP contribution >= 0.6 is 0 Å². The summed E-state index contributed by atoms with van der Waals surface area (Å²) in [6.07, 6.45) is 11.5. The van der Waals surface area contributed by atoms with Gasteiger partial charge in [0.25, 0.3) is 0 Å². The number of Topliss-reactive ketones (excluding diaryl/α,β-unsaturated/α-hetero) is 1. The maximum atomic E-state index is 12.2. The third-order valence-electron chi connectivity index (χ3n) is 8.57. The predicted molar refractivity (Wildman–Crippen MR) is 91.9 cm³/mol. The number of rotatable bonds is 1. The molecule has 23 heavy (non-hydrogen) atoms. The van der Waals surface area contributed by atoms with Crippen LogP contribution in [0.2, 0.25) is 0 Å². The third-order valence-corrected chi connectivity index (χ3v) is 8.57. The highest BCUT2D eigenvalue weighted by molar-refractivity contribution is 5.79. The van der Waals surface area contributed by atoms with Gasteiger partial charge in [-0.2, -0.15) is 0 Å². The van der Waals surface area contributed by atoms with E-state index < -0.39 is 0 Å². The summed E-state index contributed by atoms with van der Waals surface area (Å²) < 4.78 is 0. The number of fused-ring (bicyclic) bond motifs is 5. The Hall–Kier alpha value is -0.630. The highest BCUT2D eigenvalue weighted by atomic mass is 16.3. The van der Waals surface area contributed by atoms with E-state index in [1.165, 1.54) is 25.7 Å². The SMILES string of the molecule is CC(=O)[C@H]1CC[C@H]2C3CC=C4C[C@@H](O)CCC4(C)[C@H]3CCC12C. The van der Waals surface area contributed by atoms with Crippen molar-refractivity contribution < 1.29 is 9.90 Å². The number of allylic oxidation sites excluding steroid dienone is 1. The molecule has 0 aromatic heterocycles. The van der Waals surface area contributed by atoms with E-state index in [-0.39, 0.29) is 11.5 Å². The van der Waals surface area contributed by atoms with E-state index >= 15 is 0 Å². The number of ketones is 1. The summed E-state index contributed by atoms with van der Waals surface area (Å²) in [5, 5.41) is 10.1. The number of hydrogen-bond donors (Lipinski definition) is 1. The Morgan fingerprint density at radius 3 is 2.65 bits per heavy atom. The molecule has 0 radical (unpaired) electrons. The average Bonchev–Trinajstić information content (AvgIpc) is 2.85. The van der Waals surface area contributed by atoms with Crippen LogP contribution in [0, 0.1) is 34.5 Å². The zero-order valence-corrected chi connectivity index (χ0v) is 15.0. The van der Waals surface area contributed by atoms with E-state index in [0.29, 0.717) is 17.1 Å². The van der Waals surface area contributed by atoms with Gasteiger partial charge in [0, 0.05) is 5.92 Å². The quantitative estimate of drug-likeness (QED) is 0.722. The molecule has 3 saturated carbocycles. The van der Waals surface area contributed by atoms with Gasteiger partial charge in [0.2, 0.25) is 0 Å². The van der Waals surface area contributed by atoms with Crippen molar-refractivity contribution in [1.29, 1.82) is 0 Å². The number of carbonyl (C=O) groups excluding carboxylic acids is 1. The first-order valence-corrected chi connectivity index (χ1v) is 9.74. The molecular weight excluding hydrogens is 284 g/mol. The Balaban J connectivity index is 1.66. The molecule has 0 amide bonds. The molecule has 4 rings (SSSR count). The molecule has 2 nitrogen and oxygen atoms in total. The minimum atomic E-state index is -0.117. The Morgan fingerprint density at radius 2 is 1.91 bits per heavy atom. The molecule has 0 heterocycles. The molecule has 4 aliphatic carbocycles. The lowest BCUT2D eigenvalue weighted by Crippen LogP contribution is -2.50. The van der Waals surface area contributed by atoms with Crippen LogP contribution in [0.25, 0.3) is 0 Å². The van der Waals surface area contributed by atoms with Crippen molar-refractivity contribution in [3.8, 4) is 0 Å². The minimum Gasteiger partial charge on any atom is -0.393 e. The molecule has 0 spiro atoms. The lowest BCUT2D eigenvalue weighted by molar-refractivity contribution is -0.127. The first kappa shape index (κ1) is 15.9. The first-order valence-electron chi connectivity index (χ1n) is 9.74. The van der Waals surface area contributed by atoms with Gasteiger partial charge < -0.3 is 5.11 Å². The zero-order valence-electron chi connectivity index (χ0n) is 15.0. The highest BCUT2D eigenvalue weighted by Gasteiger charge is 2.59. The van der Waals surface area contributed by atoms with Crippen LogP contribution in [0.1, 0.15) is 72.1 Å². The third kappa shape index (κ3) is 2.13. The normalized spacial score (nSPS) is 52.2. The lowest BCUT2D eigenvalue weighted by Gasteiger charge is -2.57. The number of aliphatic hydroxyl groups excluding tert-OH is 1. The highest BCUT2D eigenvalue weighted by Crippen LogP contribution is 2.66. The molecule has 0 saturated heterocycles. The van der Waals surface area contributed by atoms with Gasteiger partial charge in [-0.05, 0) is 86.9 Å². The summed E-state index contributed by atoms with van der Waals surface area (Å²) in [5.41, 5.74) is 2.11. The van der Waals surface area contributed by atoms with Crippen molar-refractivity contribution >= 4 is 5.78 Å². The molecule has 4 aliphatic rings. The number of aliphatic hydroxyl groups is 1. The van der Waals surface area contributed by atoms with Gasteiger partial charge in [-0.25, -0.2) is 0 Å². The average molecular weight is 316 g/mol. The van der Waals surface area contributed by atoms with Crippen molar-refractivity contribution in [2.75, 3.05) is 0 Å². The minimum absolute atomic E-state index is 0.117. The molecule has 1 N–H and O–H groups in total. The van der Waals surface area contributed by atoms with Crippen LogP contribution in [0.15, 0.2) is 11.6 Å². The van der Waals surface area contributed by atoms with E-state index in [1.807, 2.05) is 6.92 Å². The van der Waals surface area contributed by atoms with Gasteiger partial charge in [-0.1, -0.05) is 25.5 Å². The van der Waals surface area contributed by atoms with Crippen LogP contribution in [0.5, 0.6) is 0 Å². The molecule has 128 valence electrons. The van der Waals surface area contributed by atoms with Gasteiger partial charge in [-0.15, -0.1) is 0 Å². The smallest absolute Gasteiger partial charge is 0.133 e. The van der Waals surface area contributed by atoms with Crippen molar-refractivity contribution in [2.24, 2.45) is 34.5 Å². The zero-order chi connectivity index (χ0) is 16.4. The van der Waals surface area contributed by atoms with Crippen LogP contribution in [-0.2, 0) is 4.79 Å². The topological polar surface area (TPSA) is 37.3 Å². The second-order valence-corrected chi connectivity index (χ2v) is 9.44. The molecule has 0 aromatic carbocycles. The van der Waals surface area contributed by atoms with Crippen molar-refractivity contribution in [2.45, 2.75) is 78.2 Å². The van der Waals surface area contributed by atoms with E-state index in [4.69, 9.17) is 0 Å². The Labute approximate surface area is 140 Å². The molecule has 7 atom stereocenters. The van der Waals surface area contributed by atoms with Gasteiger partial charge in [0.05, 0.1) is 6.10 Å². The van der Waals surface area contributed by atoms with E-state index in [1.54, 1.807) is 5.57 Å². The van der Waals surface area contributed by atoms with Crippen LogP contribution in [0.4, 0.5) is 0 Å². The summed E-state index contributed by atoms with van der Waals surface area (Å²) in [4.78, 5) is 12.2. The fourth-order valence-corrected chi connectivity index (χ4v) is 7.31. The molecule has 3 unspecified atom stereocenters. The fourth-order valence-electron chi connectivity index (χ4n) is 7.31. The Morgan fingerprint density at radius 1 is 1.13 bits per heavy atom. The summed E-state index contributed by atoms with van der Waals surface area (Å²) in [7, 11) is 0. The largest absolute Gasteiger partial charge is 0.393 e. The van der Waals surface area contributed by atoms with Gasteiger partial charge in [0.15, 0.2) is 0 Å². The number of hydrogen-bond acceptors (Lipinski definition) is 2. The predicted octanol–water partition coefficient (Wildman–Crippen LogP) is 4.52. The second kappa shape index (κ2) is 5.18. The van der Waals surface area contributed by atoms with Crippen molar-refractivity contribution in [1.82, 2.24) is 0 Å². The monoisotopic (exact) mass is 316 g/mol. The van der Waals surface area contributed by atoms with Gasteiger partial charge in [0.1, 0.15) is 5.78 Å². The molecular formula is C21H32O2.